The van der Waals surface area contributed by atoms with Crippen LogP contribution in [0.15, 0.2) is 53.3 Å². The van der Waals surface area contributed by atoms with Crippen molar-refractivity contribution in [2.45, 2.75) is 30.3 Å². The molecule has 0 aliphatic carbocycles. The molecule has 0 aliphatic heterocycles. The summed E-state index contributed by atoms with van der Waals surface area (Å²) in [6.45, 7) is 1.92. The minimum atomic E-state index is -3.68. The third-order valence-electron chi connectivity index (χ3n) is 5.73. The fourth-order valence-electron chi connectivity index (χ4n) is 3.56. The van der Waals surface area contributed by atoms with Crippen molar-refractivity contribution in [3.05, 3.63) is 48.5 Å². The van der Waals surface area contributed by atoms with Crippen LogP contribution in [0, 0.1) is 5.92 Å². The van der Waals surface area contributed by atoms with E-state index in [0.717, 1.165) is 12.5 Å². The largest absolute Gasteiger partial charge is 0.478 e. The van der Waals surface area contributed by atoms with Gasteiger partial charge in [0.05, 0.1) is 6.54 Å². The molecule has 16 nitrogen and oxygen atoms in total. The number of hydrogen-bond donors (Lipinski definition) is 3. The molecule has 0 saturated carbocycles. The molecular weight excluding hydrogens is 620 g/mol. The minimum absolute atomic E-state index is 0.0327. The van der Waals surface area contributed by atoms with Crippen molar-refractivity contribution in [1.29, 1.82) is 0 Å². The highest BCUT2D eigenvalue weighted by Gasteiger charge is 2.26. The molecule has 234 valence electrons. The van der Waals surface area contributed by atoms with Crippen LogP contribution in [0.5, 0.6) is 0 Å². The second-order valence-corrected chi connectivity index (χ2v) is 13.6. The van der Waals surface area contributed by atoms with Crippen molar-refractivity contribution in [2.24, 2.45) is 5.92 Å². The third kappa shape index (κ3) is 9.08. The molecule has 2 heterocycles. The van der Waals surface area contributed by atoms with Crippen LogP contribution in [0.1, 0.15) is 24.2 Å². The maximum Gasteiger partial charge on any atom is 0.345 e. The SMILES string of the molecule is CC(C)[C@H](OC(=O)CNC(=O)CNC(=O)c1cc(-c2cnc(S(C)(=O)=O)nc2)cc(-c2cnc(S(C)(=O)=O)nc2)c1)C(=O)O. The van der Waals surface area contributed by atoms with E-state index in [-0.39, 0.29) is 5.56 Å². The summed E-state index contributed by atoms with van der Waals surface area (Å²) in [6.07, 6.45) is 5.48. The topological polar surface area (TPSA) is 242 Å². The average molecular weight is 649 g/mol. The molecule has 0 unspecified atom stereocenters. The van der Waals surface area contributed by atoms with Crippen molar-refractivity contribution in [3.63, 3.8) is 0 Å². The number of sulfone groups is 2. The Hall–Kier alpha value is -4.84. The molecule has 2 amide bonds. The number of carboxylic acids is 1. The summed E-state index contributed by atoms with van der Waals surface area (Å²) in [5.74, 6) is -4.29. The summed E-state index contributed by atoms with van der Waals surface area (Å²) in [5, 5.41) is 12.9. The molecule has 0 radical (unpaired) electrons. The monoisotopic (exact) mass is 648 g/mol. The molecule has 1 aromatic carbocycles. The van der Waals surface area contributed by atoms with Crippen LogP contribution in [-0.2, 0) is 38.8 Å². The molecule has 1 atom stereocenters. The molecule has 0 saturated heterocycles. The van der Waals surface area contributed by atoms with Gasteiger partial charge in [0.25, 0.3) is 5.91 Å². The Kier molecular flexibility index (Phi) is 10.4. The standard InChI is InChI=1S/C26H28N6O10S2/c1-14(2)22(24(36)37)42-21(34)13-27-20(33)12-28-23(35)17-6-15(18-8-29-25(30-9-18)43(3,38)39)5-16(7-17)19-10-31-26(32-11-19)44(4,40)41/h5-11,14,22H,12-13H2,1-4H3,(H,27,33)(H,28,35)(H,36,37)/t22-/m0/s1. The molecule has 3 rings (SSSR count). The first-order chi connectivity index (χ1) is 20.5. The Labute approximate surface area is 252 Å². The number of nitrogens with zero attached hydrogens (tertiary/aromatic N) is 4. The number of carbonyl (C=O) groups is 4. The van der Waals surface area contributed by atoms with Gasteiger partial charge in [-0.05, 0) is 29.3 Å². The van der Waals surface area contributed by atoms with Crippen molar-refractivity contribution >= 4 is 43.4 Å². The first-order valence-electron chi connectivity index (χ1n) is 12.6. The van der Waals surface area contributed by atoms with Crippen LogP contribution in [0.3, 0.4) is 0 Å². The first-order valence-corrected chi connectivity index (χ1v) is 16.4. The summed E-state index contributed by atoms with van der Waals surface area (Å²) in [5.41, 5.74) is 1.43. The maximum absolute atomic E-state index is 13.1. The molecule has 3 aromatic rings. The molecule has 0 fully saturated rings. The molecule has 44 heavy (non-hydrogen) atoms. The molecule has 3 N–H and O–H groups in total. The second kappa shape index (κ2) is 13.6. The molecule has 0 bridgehead atoms. The number of nitrogens with one attached hydrogen (secondary N) is 2. The van der Waals surface area contributed by atoms with E-state index in [9.17, 15) is 36.0 Å². The van der Waals surface area contributed by atoms with Gasteiger partial charge in [-0.3, -0.25) is 14.4 Å². The Bertz CT molecular complexity index is 1700. The van der Waals surface area contributed by atoms with E-state index in [0.29, 0.717) is 22.3 Å². The van der Waals surface area contributed by atoms with Crippen LogP contribution in [-0.4, -0.2) is 97.3 Å². The Morgan fingerprint density at radius 2 is 1.20 bits per heavy atom. The third-order valence-corrected chi connectivity index (χ3v) is 7.48. The van der Waals surface area contributed by atoms with Gasteiger partial charge in [0.15, 0.2) is 0 Å². The van der Waals surface area contributed by atoms with E-state index >= 15 is 0 Å². The number of benzene rings is 1. The fourth-order valence-corrected chi connectivity index (χ4v) is 4.53. The number of carbonyl (C=O) groups excluding carboxylic acids is 3. The smallest absolute Gasteiger partial charge is 0.345 e. The van der Waals surface area contributed by atoms with Gasteiger partial charge in [-0.15, -0.1) is 0 Å². The molecule has 0 spiro atoms. The maximum atomic E-state index is 13.1. The molecule has 18 heteroatoms. The van der Waals surface area contributed by atoms with Gasteiger partial charge in [-0.1, -0.05) is 13.8 Å². The number of esters is 1. The fraction of sp³-hybridized carbons (Fsp3) is 0.308. The predicted octanol–water partition coefficient (Wildman–Crippen LogP) is -0.0940. The summed E-state index contributed by atoms with van der Waals surface area (Å²) >= 11 is 0. The normalized spacial score (nSPS) is 12.3. The van der Waals surface area contributed by atoms with Crippen molar-refractivity contribution < 1.29 is 45.9 Å². The lowest BCUT2D eigenvalue weighted by atomic mass is 9.98. The summed E-state index contributed by atoms with van der Waals surface area (Å²) in [6, 6.07) is 4.45. The van der Waals surface area contributed by atoms with E-state index in [2.05, 4.69) is 30.6 Å². The Balaban J connectivity index is 1.82. The first kappa shape index (κ1) is 33.7. The van der Waals surface area contributed by atoms with Gasteiger partial charge in [0.2, 0.25) is 42.0 Å². The molecular formula is C26H28N6O10S2. The zero-order valence-corrected chi connectivity index (χ0v) is 25.5. The number of amides is 2. The van der Waals surface area contributed by atoms with Gasteiger partial charge in [0.1, 0.15) is 6.54 Å². The van der Waals surface area contributed by atoms with Crippen LogP contribution in [0.4, 0.5) is 0 Å². The van der Waals surface area contributed by atoms with E-state index in [1.807, 2.05) is 0 Å². The van der Waals surface area contributed by atoms with Gasteiger partial charge in [-0.2, -0.15) is 0 Å². The number of carboxylic acid groups (broad SMARTS) is 1. The Morgan fingerprint density at radius 1 is 0.750 bits per heavy atom. The van der Waals surface area contributed by atoms with Crippen molar-refractivity contribution in [3.8, 4) is 22.3 Å². The highest BCUT2D eigenvalue weighted by molar-refractivity contribution is 7.90. The quantitative estimate of drug-likeness (QED) is 0.172. The number of ether oxygens (including phenoxy) is 1. The predicted molar refractivity (Wildman–Crippen MR) is 152 cm³/mol. The zero-order chi connectivity index (χ0) is 32.8. The minimum Gasteiger partial charge on any atom is -0.478 e. The van der Waals surface area contributed by atoms with Crippen LogP contribution < -0.4 is 10.6 Å². The van der Waals surface area contributed by atoms with E-state index in [1.165, 1.54) is 36.9 Å². The highest BCUT2D eigenvalue weighted by Crippen LogP contribution is 2.28. The number of aromatic nitrogens is 4. The lowest BCUT2D eigenvalue weighted by Crippen LogP contribution is -2.41. The highest BCUT2D eigenvalue weighted by atomic mass is 32.2. The van der Waals surface area contributed by atoms with Crippen LogP contribution in [0.25, 0.3) is 22.3 Å². The Morgan fingerprint density at radius 3 is 1.59 bits per heavy atom. The van der Waals surface area contributed by atoms with Gasteiger partial charge < -0.3 is 20.5 Å². The average Bonchev–Trinajstić information content (AvgIpc) is 2.96. The lowest BCUT2D eigenvalue weighted by molar-refractivity contribution is -0.166. The van der Waals surface area contributed by atoms with Crippen LogP contribution in [0.2, 0.25) is 0 Å². The number of aliphatic carboxylic acids is 1. The van der Waals surface area contributed by atoms with Crippen LogP contribution >= 0.6 is 0 Å². The van der Waals surface area contributed by atoms with Gasteiger partial charge >= 0.3 is 11.9 Å². The van der Waals surface area contributed by atoms with E-state index in [4.69, 9.17) is 9.84 Å². The van der Waals surface area contributed by atoms with E-state index < -0.39 is 78.9 Å². The zero-order valence-electron chi connectivity index (χ0n) is 23.8. The summed E-state index contributed by atoms with van der Waals surface area (Å²) < 4.78 is 51.9. The lowest BCUT2D eigenvalue weighted by Gasteiger charge is -2.17. The number of rotatable bonds is 12. The van der Waals surface area contributed by atoms with Crippen molar-refractivity contribution in [1.82, 2.24) is 30.6 Å². The summed E-state index contributed by atoms with van der Waals surface area (Å²) in [4.78, 5) is 63.9. The second-order valence-electron chi connectivity index (χ2n) is 9.80. The van der Waals surface area contributed by atoms with E-state index in [1.54, 1.807) is 19.9 Å². The van der Waals surface area contributed by atoms with Crippen molar-refractivity contribution in [2.75, 3.05) is 25.6 Å². The molecule has 0 aliphatic rings. The summed E-state index contributed by atoms with van der Waals surface area (Å²) in [7, 11) is -7.35. The van der Waals surface area contributed by atoms with Gasteiger partial charge in [-0.25, -0.2) is 41.6 Å². The number of hydrogen-bond acceptors (Lipinski definition) is 13. The molecule has 2 aromatic heterocycles. The van der Waals surface area contributed by atoms with Gasteiger partial charge in [0, 0.05) is 59.9 Å².